The zero-order valence-corrected chi connectivity index (χ0v) is 16.3. The topological polar surface area (TPSA) is 76.0 Å². The van der Waals surface area contributed by atoms with E-state index in [1.54, 1.807) is 23.0 Å². The van der Waals surface area contributed by atoms with Gasteiger partial charge >= 0.3 is 0 Å². The van der Waals surface area contributed by atoms with Crippen molar-refractivity contribution in [1.29, 1.82) is 0 Å². The van der Waals surface area contributed by atoms with Gasteiger partial charge < -0.3 is 9.64 Å². The maximum absolute atomic E-state index is 13.0. The Hall–Kier alpha value is -2.90. The first-order chi connectivity index (χ1) is 13.3. The number of hydrogen-bond donors (Lipinski definition) is 1. The van der Waals surface area contributed by atoms with Crippen LogP contribution in [-0.2, 0) is 5.54 Å². The summed E-state index contributed by atoms with van der Waals surface area (Å²) in [4.78, 5) is 22.1. The van der Waals surface area contributed by atoms with E-state index >= 15 is 0 Å². The summed E-state index contributed by atoms with van der Waals surface area (Å²) in [5.41, 5.74) is 0.145. The highest BCUT2D eigenvalue weighted by atomic mass is 19.1. The number of benzene rings is 1. The van der Waals surface area contributed by atoms with Gasteiger partial charge in [0.15, 0.2) is 5.65 Å². The number of fused-ring (bicyclic) bond motifs is 1. The predicted octanol–water partition coefficient (Wildman–Crippen LogP) is 3.06. The summed E-state index contributed by atoms with van der Waals surface area (Å²) >= 11 is 0. The van der Waals surface area contributed by atoms with Gasteiger partial charge in [0.1, 0.15) is 23.1 Å². The van der Waals surface area contributed by atoms with E-state index in [1.165, 1.54) is 12.1 Å². The van der Waals surface area contributed by atoms with Gasteiger partial charge in [0.05, 0.1) is 11.7 Å². The van der Waals surface area contributed by atoms with Crippen molar-refractivity contribution in [3.63, 3.8) is 0 Å². The molecule has 1 aliphatic heterocycles. The van der Waals surface area contributed by atoms with Crippen LogP contribution in [0.15, 0.2) is 35.3 Å². The highest BCUT2D eigenvalue weighted by molar-refractivity contribution is 5.74. The Labute approximate surface area is 162 Å². The Morgan fingerprint density at radius 3 is 2.50 bits per heavy atom. The minimum atomic E-state index is -0.276. The van der Waals surface area contributed by atoms with Gasteiger partial charge in [0.25, 0.3) is 5.56 Å². The third-order valence-corrected chi connectivity index (χ3v) is 4.92. The number of rotatable bonds is 3. The van der Waals surface area contributed by atoms with Crippen LogP contribution in [0.5, 0.6) is 5.75 Å². The highest BCUT2D eigenvalue weighted by Crippen LogP contribution is 2.23. The Morgan fingerprint density at radius 2 is 1.86 bits per heavy atom. The van der Waals surface area contributed by atoms with Gasteiger partial charge in [-0.15, -0.1) is 0 Å². The summed E-state index contributed by atoms with van der Waals surface area (Å²) in [7, 11) is 0. The van der Waals surface area contributed by atoms with Crippen molar-refractivity contribution in [2.24, 2.45) is 0 Å². The fourth-order valence-electron chi connectivity index (χ4n) is 3.44. The van der Waals surface area contributed by atoms with Crippen molar-refractivity contribution in [2.45, 2.75) is 45.3 Å². The Balaban J connectivity index is 1.50. The van der Waals surface area contributed by atoms with Crippen molar-refractivity contribution in [2.75, 3.05) is 18.0 Å². The quantitative estimate of drug-likeness (QED) is 0.750. The van der Waals surface area contributed by atoms with E-state index in [0.717, 1.165) is 12.8 Å². The molecule has 3 aromatic rings. The number of anilines is 1. The zero-order chi connectivity index (χ0) is 19.9. The zero-order valence-electron chi connectivity index (χ0n) is 16.3. The van der Waals surface area contributed by atoms with Crippen molar-refractivity contribution in [3.8, 4) is 5.75 Å². The Bertz CT molecular complexity index is 1030. The molecular weight excluding hydrogens is 361 g/mol. The van der Waals surface area contributed by atoms with Crippen LogP contribution in [0, 0.1) is 5.82 Å². The molecule has 0 atom stereocenters. The number of piperidine rings is 1. The fourth-order valence-corrected chi connectivity index (χ4v) is 3.44. The largest absolute Gasteiger partial charge is 0.490 e. The molecule has 0 radical (unpaired) electrons. The van der Waals surface area contributed by atoms with E-state index in [0.29, 0.717) is 35.8 Å². The number of hydrogen-bond acceptors (Lipinski definition) is 5. The number of nitrogens with zero attached hydrogens (tertiary/aromatic N) is 4. The first-order valence-corrected chi connectivity index (χ1v) is 9.47. The fraction of sp³-hybridized carbons (Fsp3) is 0.450. The molecule has 1 aromatic carbocycles. The maximum Gasteiger partial charge on any atom is 0.263 e. The molecular formula is C20H24FN5O2. The van der Waals surface area contributed by atoms with Gasteiger partial charge in [0.2, 0.25) is 5.95 Å². The van der Waals surface area contributed by atoms with E-state index in [2.05, 4.69) is 15.0 Å². The third-order valence-electron chi connectivity index (χ3n) is 4.92. The standard InChI is InChI=1S/C20H24FN5O2/c1-20(2,3)26-17-16(12-22-26)18(27)24-19(23-17)25-10-8-15(9-11-25)28-14-6-4-13(21)5-7-14/h4-7,12,15H,8-11H2,1-3H3,(H,23,24,27). The van der Waals surface area contributed by atoms with E-state index in [1.807, 2.05) is 20.8 Å². The summed E-state index contributed by atoms with van der Waals surface area (Å²) in [6.45, 7) is 7.51. The van der Waals surface area contributed by atoms with Crippen molar-refractivity contribution in [1.82, 2.24) is 19.7 Å². The monoisotopic (exact) mass is 385 g/mol. The molecule has 7 nitrogen and oxygen atoms in total. The maximum atomic E-state index is 13.0. The lowest BCUT2D eigenvalue weighted by Gasteiger charge is -2.32. The summed E-state index contributed by atoms with van der Waals surface area (Å²) in [6.07, 6.45) is 3.20. The van der Waals surface area contributed by atoms with E-state index < -0.39 is 0 Å². The van der Waals surface area contributed by atoms with Crippen LogP contribution in [0.1, 0.15) is 33.6 Å². The molecule has 0 bridgehead atoms. The van der Waals surface area contributed by atoms with Crippen LogP contribution in [0.2, 0.25) is 0 Å². The van der Waals surface area contributed by atoms with E-state index in [9.17, 15) is 9.18 Å². The van der Waals surface area contributed by atoms with Crippen LogP contribution in [0.25, 0.3) is 11.0 Å². The molecule has 4 rings (SSSR count). The third kappa shape index (κ3) is 3.58. The average molecular weight is 385 g/mol. The molecule has 0 amide bonds. The Morgan fingerprint density at radius 1 is 1.18 bits per heavy atom. The molecule has 8 heteroatoms. The summed E-state index contributed by atoms with van der Waals surface area (Å²) < 4.78 is 20.7. The Kier molecular flexibility index (Phi) is 4.56. The summed E-state index contributed by atoms with van der Waals surface area (Å²) in [5, 5.41) is 4.84. The van der Waals surface area contributed by atoms with Gasteiger partial charge in [-0.3, -0.25) is 9.78 Å². The first-order valence-electron chi connectivity index (χ1n) is 9.47. The number of halogens is 1. The van der Waals surface area contributed by atoms with Crippen molar-refractivity contribution in [3.05, 3.63) is 46.6 Å². The lowest BCUT2D eigenvalue weighted by Crippen LogP contribution is -2.40. The predicted molar refractivity (Wildman–Crippen MR) is 105 cm³/mol. The SMILES string of the molecule is CC(C)(C)n1ncc2c(=O)[nH]c(N3CCC(Oc4ccc(F)cc4)CC3)nc21. The van der Waals surface area contributed by atoms with Crippen LogP contribution < -0.4 is 15.2 Å². The molecule has 1 fully saturated rings. The molecule has 1 aliphatic rings. The lowest BCUT2D eigenvalue weighted by atomic mass is 10.1. The highest BCUT2D eigenvalue weighted by Gasteiger charge is 2.25. The molecule has 1 saturated heterocycles. The number of nitrogens with one attached hydrogen (secondary N) is 1. The minimum absolute atomic E-state index is 0.0530. The molecule has 1 N–H and O–H groups in total. The van der Waals surface area contributed by atoms with Crippen molar-refractivity contribution >= 4 is 17.0 Å². The summed E-state index contributed by atoms with van der Waals surface area (Å²) in [6, 6.07) is 6.07. The van der Waals surface area contributed by atoms with Gasteiger partial charge in [0, 0.05) is 25.9 Å². The molecule has 148 valence electrons. The number of aromatic nitrogens is 4. The second-order valence-electron chi connectivity index (χ2n) is 8.11. The second kappa shape index (κ2) is 6.92. The smallest absolute Gasteiger partial charge is 0.263 e. The van der Waals surface area contributed by atoms with Gasteiger partial charge in [-0.2, -0.15) is 10.1 Å². The first kappa shape index (κ1) is 18.5. The van der Waals surface area contributed by atoms with Gasteiger partial charge in [-0.25, -0.2) is 9.07 Å². The molecule has 0 unspecified atom stereocenters. The summed E-state index contributed by atoms with van der Waals surface area (Å²) in [5.74, 6) is 0.952. The normalized spacial score (nSPS) is 15.9. The minimum Gasteiger partial charge on any atom is -0.490 e. The number of H-pyrrole nitrogens is 1. The van der Waals surface area contributed by atoms with Crippen LogP contribution in [0.4, 0.5) is 10.3 Å². The molecule has 28 heavy (non-hydrogen) atoms. The number of aromatic amines is 1. The number of ether oxygens (including phenoxy) is 1. The second-order valence-corrected chi connectivity index (χ2v) is 8.11. The van der Waals surface area contributed by atoms with Gasteiger partial charge in [-0.05, 0) is 45.0 Å². The van der Waals surface area contributed by atoms with Crippen molar-refractivity contribution < 1.29 is 9.13 Å². The molecule has 0 aliphatic carbocycles. The molecule has 3 heterocycles. The van der Waals surface area contributed by atoms with Crippen LogP contribution in [-0.4, -0.2) is 38.9 Å². The lowest BCUT2D eigenvalue weighted by molar-refractivity contribution is 0.170. The van der Waals surface area contributed by atoms with Gasteiger partial charge in [-0.1, -0.05) is 0 Å². The van der Waals surface area contributed by atoms with E-state index in [-0.39, 0.29) is 23.0 Å². The molecule has 0 spiro atoms. The van der Waals surface area contributed by atoms with Crippen LogP contribution >= 0.6 is 0 Å². The average Bonchev–Trinajstić information content (AvgIpc) is 3.09. The molecule has 0 saturated carbocycles. The molecule has 2 aromatic heterocycles. The van der Waals surface area contributed by atoms with Crippen LogP contribution in [0.3, 0.4) is 0 Å². The van der Waals surface area contributed by atoms with E-state index in [4.69, 9.17) is 9.72 Å².